The normalized spacial score (nSPS) is 21.3. The van der Waals surface area contributed by atoms with Gasteiger partial charge in [-0.3, -0.25) is 14.5 Å². The molecular weight excluding hydrogens is 360 g/mol. The minimum Gasteiger partial charge on any atom is -0.497 e. The number of methoxy groups -OCH3 is 1. The lowest BCUT2D eigenvalue weighted by atomic mass is 9.85. The Morgan fingerprint density at radius 3 is 2.57 bits per heavy atom. The number of nitrogens with zero attached hydrogens (tertiary/aromatic N) is 1. The smallest absolute Gasteiger partial charge is 0.317 e. The number of aliphatic carboxylic acids is 1. The van der Waals surface area contributed by atoms with E-state index in [1.54, 1.807) is 25.3 Å². The van der Waals surface area contributed by atoms with Crippen molar-refractivity contribution in [3.63, 3.8) is 0 Å². The van der Waals surface area contributed by atoms with Gasteiger partial charge in [-0.15, -0.1) is 0 Å². The summed E-state index contributed by atoms with van der Waals surface area (Å²) in [6, 6.07) is 5.47. The zero-order valence-corrected chi connectivity index (χ0v) is 16.8. The van der Waals surface area contributed by atoms with Crippen molar-refractivity contribution < 1.29 is 24.2 Å². The summed E-state index contributed by atoms with van der Waals surface area (Å²) < 4.78 is 11.0. The lowest BCUT2D eigenvalue weighted by Crippen LogP contribution is -2.55. The van der Waals surface area contributed by atoms with Crippen LogP contribution in [-0.4, -0.2) is 60.3 Å². The van der Waals surface area contributed by atoms with E-state index in [1.807, 2.05) is 13.8 Å². The number of nitrogens with one attached hydrogen (secondary N) is 1. The maximum absolute atomic E-state index is 12.8. The molecule has 0 saturated heterocycles. The number of hydrogen-bond donors (Lipinski definition) is 2. The summed E-state index contributed by atoms with van der Waals surface area (Å²) in [7, 11) is 1.58. The van der Waals surface area contributed by atoms with E-state index in [0.29, 0.717) is 23.0 Å². The average Bonchev–Trinajstić information content (AvgIpc) is 3.40. The summed E-state index contributed by atoms with van der Waals surface area (Å²) in [5, 5.41) is 12.2. The first-order valence-electron chi connectivity index (χ1n) is 9.97. The summed E-state index contributed by atoms with van der Waals surface area (Å²) >= 11 is 0. The topological polar surface area (TPSA) is 88.1 Å². The number of amides is 1. The van der Waals surface area contributed by atoms with E-state index in [-0.39, 0.29) is 30.6 Å². The molecule has 0 aliphatic heterocycles. The Hall–Kier alpha value is -2.28. The Bertz CT molecular complexity index is 711. The van der Waals surface area contributed by atoms with Crippen LogP contribution in [0.25, 0.3) is 0 Å². The molecule has 2 aliphatic rings. The molecule has 0 unspecified atom stereocenters. The molecule has 2 aliphatic carbocycles. The molecule has 28 heavy (non-hydrogen) atoms. The SMILES string of the molecule is COc1ccc(C(=O)NC2CC(N(CC(=O)O)CC3CC3)C2)c(OC(C)C)c1. The zero-order chi connectivity index (χ0) is 20.3. The van der Waals surface area contributed by atoms with Gasteiger partial charge in [0.05, 0.1) is 25.3 Å². The number of carbonyl (C=O) groups is 2. The lowest BCUT2D eigenvalue weighted by Gasteiger charge is -2.42. The van der Waals surface area contributed by atoms with E-state index in [4.69, 9.17) is 14.6 Å². The van der Waals surface area contributed by atoms with Crippen molar-refractivity contribution in [3.8, 4) is 11.5 Å². The molecule has 0 atom stereocenters. The molecule has 3 rings (SSSR count). The van der Waals surface area contributed by atoms with Gasteiger partial charge in [-0.25, -0.2) is 0 Å². The number of benzene rings is 1. The molecule has 7 nitrogen and oxygen atoms in total. The van der Waals surface area contributed by atoms with Gasteiger partial charge in [-0.2, -0.15) is 0 Å². The summed E-state index contributed by atoms with van der Waals surface area (Å²) in [5.74, 6) is 0.822. The maximum atomic E-state index is 12.8. The lowest BCUT2D eigenvalue weighted by molar-refractivity contribution is -0.139. The fraction of sp³-hybridized carbons (Fsp3) is 0.619. The molecule has 2 saturated carbocycles. The molecule has 1 aromatic rings. The van der Waals surface area contributed by atoms with Crippen LogP contribution in [0.1, 0.15) is 49.9 Å². The van der Waals surface area contributed by atoms with E-state index in [0.717, 1.165) is 19.4 Å². The van der Waals surface area contributed by atoms with Crippen LogP contribution in [0.15, 0.2) is 18.2 Å². The van der Waals surface area contributed by atoms with Crippen LogP contribution in [0.2, 0.25) is 0 Å². The fourth-order valence-corrected chi connectivity index (χ4v) is 3.58. The van der Waals surface area contributed by atoms with E-state index in [1.165, 1.54) is 12.8 Å². The van der Waals surface area contributed by atoms with E-state index >= 15 is 0 Å². The number of carboxylic acids is 1. The Balaban J connectivity index is 1.57. The summed E-state index contributed by atoms with van der Waals surface area (Å²) in [4.78, 5) is 26.0. The number of ether oxygens (including phenoxy) is 2. The third kappa shape index (κ3) is 5.38. The molecule has 0 heterocycles. The first kappa shape index (κ1) is 20.5. The summed E-state index contributed by atoms with van der Waals surface area (Å²) in [6.07, 6.45) is 3.89. The Kier molecular flexibility index (Phi) is 6.44. The van der Waals surface area contributed by atoms with Crippen molar-refractivity contribution in [3.05, 3.63) is 23.8 Å². The Morgan fingerprint density at radius 2 is 2.00 bits per heavy atom. The monoisotopic (exact) mass is 390 g/mol. The van der Waals surface area contributed by atoms with Crippen LogP contribution in [0, 0.1) is 5.92 Å². The first-order valence-corrected chi connectivity index (χ1v) is 9.97. The van der Waals surface area contributed by atoms with Crippen LogP contribution >= 0.6 is 0 Å². The summed E-state index contributed by atoms with van der Waals surface area (Å²) in [6.45, 7) is 4.75. The molecule has 0 aromatic heterocycles. The predicted octanol–water partition coefficient (Wildman–Crippen LogP) is 2.54. The molecule has 0 radical (unpaired) electrons. The van der Waals surface area contributed by atoms with Gasteiger partial charge in [-0.05, 0) is 57.6 Å². The highest BCUT2D eigenvalue weighted by Gasteiger charge is 2.38. The molecule has 0 spiro atoms. The van der Waals surface area contributed by atoms with Crippen molar-refractivity contribution in [1.29, 1.82) is 0 Å². The first-order chi connectivity index (χ1) is 13.4. The van der Waals surface area contributed by atoms with Gasteiger partial charge in [0.15, 0.2) is 0 Å². The third-order valence-electron chi connectivity index (χ3n) is 5.29. The number of hydrogen-bond acceptors (Lipinski definition) is 5. The van der Waals surface area contributed by atoms with Crippen molar-refractivity contribution in [2.75, 3.05) is 20.2 Å². The van der Waals surface area contributed by atoms with Crippen LogP contribution in [0.4, 0.5) is 0 Å². The van der Waals surface area contributed by atoms with Gasteiger partial charge in [-0.1, -0.05) is 0 Å². The van der Waals surface area contributed by atoms with Crippen molar-refractivity contribution in [2.45, 2.75) is 57.7 Å². The predicted molar refractivity (Wildman–Crippen MR) is 105 cm³/mol. The Labute approximate surface area is 166 Å². The molecule has 2 N–H and O–H groups in total. The second-order valence-corrected chi connectivity index (χ2v) is 8.09. The quantitative estimate of drug-likeness (QED) is 0.638. The highest BCUT2D eigenvalue weighted by atomic mass is 16.5. The number of carboxylic acid groups (broad SMARTS) is 1. The van der Waals surface area contributed by atoms with E-state index in [2.05, 4.69) is 10.2 Å². The van der Waals surface area contributed by atoms with Gasteiger partial charge in [0.1, 0.15) is 11.5 Å². The molecular formula is C21H30N2O5. The minimum atomic E-state index is -0.790. The van der Waals surface area contributed by atoms with Gasteiger partial charge in [0.2, 0.25) is 0 Å². The van der Waals surface area contributed by atoms with Crippen molar-refractivity contribution >= 4 is 11.9 Å². The van der Waals surface area contributed by atoms with E-state index in [9.17, 15) is 9.59 Å². The number of carbonyl (C=O) groups excluding carboxylic acids is 1. The standard InChI is InChI=1S/C21H30N2O5/c1-13(2)28-19-10-17(27-3)6-7-18(19)21(26)22-15-8-16(9-15)23(12-20(24)25)11-14-4-5-14/h6-7,10,13-16H,4-5,8-9,11-12H2,1-3H3,(H,22,26)(H,24,25). The second-order valence-electron chi connectivity index (χ2n) is 8.09. The Morgan fingerprint density at radius 1 is 1.29 bits per heavy atom. The minimum absolute atomic E-state index is 0.0567. The van der Waals surface area contributed by atoms with Gasteiger partial charge in [0.25, 0.3) is 5.91 Å². The number of rotatable bonds is 10. The fourth-order valence-electron chi connectivity index (χ4n) is 3.58. The molecule has 0 bridgehead atoms. The zero-order valence-electron chi connectivity index (χ0n) is 16.8. The second kappa shape index (κ2) is 8.82. The van der Waals surface area contributed by atoms with Gasteiger partial charge < -0.3 is 19.9 Å². The van der Waals surface area contributed by atoms with Gasteiger partial charge in [0, 0.05) is 24.7 Å². The summed E-state index contributed by atoms with van der Waals surface area (Å²) in [5.41, 5.74) is 0.485. The van der Waals surface area contributed by atoms with Crippen LogP contribution in [-0.2, 0) is 4.79 Å². The van der Waals surface area contributed by atoms with Crippen LogP contribution < -0.4 is 14.8 Å². The molecule has 7 heteroatoms. The third-order valence-corrected chi connectivity index (χ3v) is 5.29. The van der Waals surface area contributed by atoms with E-state index < -0.39 is 5.97 Å². The van der Waals surface area contributed by atoms with Crippen LogP contribution in [0.5, 0.6) is 11.5 Å². The highest BCUT2D eigenvalue weighted by molar-refractivity contribution is 5.97. The van der Waals surface area contributed by atoms with Crippen molar-refractivity contribution in [1.82, 2.24) is 10.2 Å². The maximum Gasteiger partial charge on any atom is 0.317 e. The van der Waals surface area contributed by atoms with Gasteiger partial charge >= 0.3 is 5.97 Å². The highest BCUT2D eigenvalue weighted by Crippen LogP contribution is 2.34. The molecule has 1 aromatic carbocycles. The van der Waals surface area contributed by atoms with Crippen LogP contribution in [0.3, 0.4) is 0 Å². The molecule has 1 amide bonds. The largest absolute Gasteiger partial charge is 0.497 e. The average molecular weight is 390 g/mol. The molecule has 154 valence electrons. The van der Waals surface area contributed by atoms with Crippen molar-refractivity contribution in [2.24, 2.45) is 5.92 Å². The molecule has 2 fully saturated rings.